The maximum Gasteiger partial charge on any atom is 0 e. The van der Waals surface area contributed by atoms with Gasteiger partial charge in [0.15, 0.2) is 0 Å². The summed E-state index contributed by atoms with van der Waals surface area (Å²) in [6.07, 6.45) is 11.8. The van der Waals surface area contributed by atoms with Crippen LogP contribution < -0.4 is 0 Å². The monoisotopic (exact) mass is 491 g/mol. The average Bonchev–Trinajstić information content (AvgIpc) is 2.38. The van der Waals surface area contributed by atoms with E-state index in [1.165, 1.54) is 38.5 Å². The fraction of sp³-hybridized carbons (Fsp3) is 0.875. The topological polar surface area (TPSA) is 74.6 Å². The van der Waals surface area contributed by atoms with Gasteiger partial charge >= 0.3 is 60.8 Å². The summed E-state index contributed by atoms with van der Waals surface area (Å²) in [6.45, 7) is 4.30. The first-order chi connectivity index (χ1) is 9.54. The molecule has 2 N–H and O–H groups in total. The largest absolute Gasteiger partial charge is 0 e. The molecule has 0 aromatic carbocycles. The van der Waals surface area contributed by atoms with Crippen LogP contribution >= 0.6 is 0 Å². The van der Waals surface area contributed by atoms with E-state index in [4.69, 9.17) is 10.2 Å². The number of hydrogen-bond acceptors (Lipinski definition) is 2. The fourth-order valence-corrected chi connectivity index (χ4v) is 1.76. The van der Waals surface area contributed by atoms with Crippen LogP contribution in [0.3, 0.4) is 0 Å². The van der Waals surface area contributed by atoms with E-state index in [1.807, 2.05) is 0 Å². The van der Waals surface area contributed by atoms with Crippen LogP contribution in [0.5, 0.6) is 0 Å². The van der Waals surface area contributed by atoms with Crippen LogP contribution in [0.15, 0.2) is 0 Å². The SMILES string of the molecule is CCCCCCCC(=O)O.CCCCCCCC(=O)O.[BaH2].[Cu]. The Hall–Kier alpha value is 1.03. The molecule has 0 amide bonds. The molecule has 22 heavy (non-hydrogen) atoms. The van der Waals surface area contributed by atoms with Crippen molar-refractivity contribution in [3.8, 4) is 0 Å². The Labute approximate surface area is 186 Å². The van der Waals surface area contributed by atoms with Gasteiger partial charge < -0.3 is 10.2 Å². The van der Waals surface area contributed by atoms with Crippen LogP contribution in [0.4, 0.5) is 0 Å². The zero-order valence-corrected chi connectivity index (χ0v) is 14.4. The minimum absolute atomic E-state index is 0. The van der Waals surface area contributed by atoms with E-state index in [-0.39, 0.29) is 65.9 Å². The number of carboxylic acids is 2. The van der Waals surface area contributed by atoms with E-state index in [0.29, 0.717) is 12.8 Å². The van der Waals surface area contributed by atoms with Gasteiger partial charge in [-0.25, -0.2) is 0 Å². The summed E-state index contributed by atoms with van der Waals surface area (Å²) in [5.74, 6) is -1.34. The molecule has 0 aromatic heterocycles. The van der Waals surface area contributed by atoms with Crippen LogP contribution in [0.1, 0.15) is 90.9 Å². The van der Waals surface area contributed by atoms with E-state index in [9.17, 15) is 9.59 Å². The fourth-order valence-electron chi connectivity index (χ4n) is 1.76. The molecule has 0 saturated carbocycles. The molecular formula is C16H34BaCuO4. The van der Waals surface area contributed by atoms with Crippen molar-refractivity contribution in [3.63, 3.8) is 0 Å². The molecule has 6 heteroatoms. The molecule has 0 fully saturated rings. The summed E-state index contributed by atoms with van der Waals surface area (Å²) in [7, 11) is 0. The third-order valence-electron chi connectivity index (χ3n) is 2.99. The van der Waals surface area contributed by atoms with Crippen LogP contribution in [-0.4, -0.2) is 71.0 Å². The van der Waals surface area contributed by atoms with E-state index in [1.54, 1.807) is 0 Å². The van der Waals surface area contributed by atoms with Gasteiger partial charge in [0.05, 0.1) is 0 Å². The smallest absolute Gasteiger partial charge is 0 e. The summed E-state index contributed by atoms with van der Waals surface area (Å²) in [6, 6.07) is 0. The Morgan fingerprint density at radius 3 is 1.14 bits per heavy atom. The van der Waals surface area contributed by atoms with Crippen molar-refractivity contribution in [1.29, 1.82) is 0 Å². The predicted octanol–water partition coefficient (Wildman–Crippen LogP) is 3.94. The van der Waals surface area contributed by atoms with E-state index in [0.717, 1.165) is 25.7 Å². The first-order valence-electron chi connectivity index (χ1n) is 7.98. The Balaban J connectivity index is -0.000000135. The number of rotatable bonds is 12. The van der Waals surface area contributed by atoms with Gasteiger partial charge in [0.2, 0.25) is 0 Å². The second-order valence-electron chi connectivity index (χ2n) is 5.12. The van der Waals surface area contributed by atoms with Crippen LogP contribution in [0, 0.1) is 0 Å². The van der Waals surface area contributed by atoms with Gasteiger partial charge in [-0.2, -0.15) is 0 Å². The molecule has 1 radical (unpaired) electrons. The van der Waals surface area contributed by atoms with Crippen molar-refractivity contribution in [1.82, 2.24) is 0 Å². The molecule has 0 saturated heterocycles. The summed E-state index contributed by atoms with van der Waals surface area (Å²) in [4.78, 5) is 20.1. The summed E-state index contributed by atoms with van der Waals surface area (Å²) in [5.41, 5.74) is 0. The number of unbranched alkanes of at least 4 members (excludes halogenated alkanes) is 8. The Bertz CT molecular complexity index is 214. The zero-order chi connectivity index (χ0) is 15.6. The van der Waals surface area contributed by atoms with Crippen LogP contribution in [0.25, 0.3) is 0 Å². The third-order valence-corrected chi connectivity index (χ3v) is 2.99. The second kappa shape index (κ2) is 26.9. The van der Waals surface area contributed by atoms with Gasteiger partial charge in [-0.1, -0.05) is 65.2 Å². The van der Waals surface area contributed by atoms with Crippen molar-refractivity contribution in [3.05, 3.63) is 0 Å². The molecule has 135 valence electrons. The Morgan fingerprint density at radius 1 is 0.636 bits per heavy atom. The Morgan fingerprint density at radius 2 is 0.909 bits per heavy atom. The van der Waals surface area contributed by atoms with Crippen molar-refractivity contribution < 1.29 is 36.9 Å². The van der Waals surface area contributed by atoms with E-state index < -0.39 is 11.9 Å². The molecule has 0 bridgehead atoms. The minimum Gasteiger partial charge on any atom is 0 e. The number of carboxylic acid groups (broad SMARTS) is 2. The van der Waals surface area contributed by atoms with Crippen LogP contribution in [-0.2, 0) is 26.7 Å². The van der Waals surface area contributed by atoms with E-state index >= 15 is 0 Å². The third kappa shape index (κ3) is 37.3. The minimum atomic E-state index is -0.670. The molecule has 0 atom stereocenters. The molecule has 0 aliphatic rings. The standard InChI is InChI=1S/2C8H16O2.Ba.Cu.2H/c2*1-2-3-4-5-6-7-8(9)10;;;;/h2*2-7H2,1H3,(H,9,10);;;;. The number of carbonyl (C=O) groups is 2. The van der Waals surface area contributed by atoms with Crippen molar-refractivity contribution >= 4 is 60.8 Å². The van der Waals surface area contributed by atoms with Gasteiger partial charge in [-0.3, -0.25) is 9.59 Å². The summed E-state index contributed by atoms with van der Waals surface area (Å²) in [5, 5.41) is 16.5. The first-order valence-corrected chi connectivity index (χ1v) is 7.98. The van der Waals surface area contributed by atoms with E-state index in [2.05, 4.69) is 13.8 Å². The second-order valence-corrected chi connectivity index (χ2v) is 5.12. The normalized spacial score (nSPS) is 8.82. The molecular weight excluding hydrogens is 457 g/mol. The summed E-state index contributed by atoms with van der Waals surface area (Å²) >= 11 is 0. The van der Waals surface area contributed by atoms with Crippen molar-refractivity contribution in [2.24, 2.45) is 0 Å². The molecule has 0 unspecified atom stereocenters. The molecule has 0 aromatic rings. The molecule has 0 aliphatic carbocycles. The van der Waals surface area contributed by atoms with Gasteiger partial charge in [-0.05, 0) is 12.8 Å². The Kier molecular flexibility index (Phi) is 37.7. The van der Waals surface area contributed by atoms with Gasteiger partial charge in [-0.15, -0.1) is 0 Å². The number of hydrogen-bond donors (Lipinski definition) is 2. The van der Waals surface area contributed by atoms with Gasteiger partial charge in [0.25, 0.3) is 0 Å². The first kappa shape index (κ1) is 30.9. The van der Waals surface area contributed by atoms with Gasteiger partial charge in [0.1, 0.15) is 0 Å². The van der Waals surface area contributed by atoms with Gasteiger partial charge in [0, 0.05) is 29.9 Å². The zero-order valence-electron chi connectivity index (χ0n) is 13.5. The summed E-state index contributed by atoms with van der Waals surface area (Å²) < 4.78 is 0. The quantitative estimate of drug-likeness (QED) is 0.321. The van der Waals surface area contributed by atoms with Crippen molar-refractivity contribution in [2.75, 3.05) is 0 Å². The predicted molar refractivity (Wildman–Crippen MR) is 90.6 cm³/mol. The molecule has 0 spiro atoms. The van der Waals surface area contributed by atoms with Crippen LogP contribution in [0.2, 0.25) is 0 Å². The maximum atomic E-state index is 10.0. The molecule has 4 nitrogen and oxygen atoms in total. The molecule has 0 rings (SSSR count). The molecule has 0 aliphatic heterocycles. The maximum absolute atomic E-state index is 10.0. The average molecular weight is 491 g/mol. The van der Waals surface area contributed by atoms with Crippen molar-refractivity contribution in [2.45, 2.75) is 90.9 Å². The molecule has 0 heterocycles. The number of aliphatic carboxylic acids is 2.